The Labute approximate surface area is 87.2 Å². The average molecular weight is 250 g/mol. The first kappa shape index (κ1) is 12.8. The van der Waals surface area contributed by atoms with E-state index in [9.17, 15) is 9.59 Å². The van der Waals surface area contributed by atoms with Gasteiger partial charge in [0.1, 0.15) is 18.1 Å². The van der Waals surface area contributed by atoms with Crippen LogP contribution in [0.4, 0.5) is 0 Å². The lowest BCUT2D eigenvalue weighted by atomic mass is 9.96. The minimum atomic E-state index is -1.24. The Morgan fingerprint density at radius 2 is 1.62 bits per heavy atom. The Balaban J connectivity index is 3.50. The van der Waals surface area contributed by atoms with Gasteiger partial charge in [-0.2, -0.15) is 0 Å². The van der Waals surface area contributed by atoms with Crippen molar-refractivity contribution in [1.82, 2.24) is 0 Å². The Hall–Kier alpha value is -0.220. The molecule has 13 heavy (non-hydrogen) atoms. The number of carbonyl (C=O) groups excluding carboxylic acids is 2. The molecule has 0 fully saturated rings. The van der Waals surface area contributed by atoms with Crippen molar-refractivity contribution in [2.45, 2.75) is 37.6 Å². The molecule has 0 radical (unpaired) electrons. The standard InChI is InChI=1S/C9H16BrNO2/c10-6-4-2-1-3-5-9(11,7-12)8-13/h7-8H,1-6,11H2. The molecule has 0 rings (SSSR count). The fraction of sp³-hybridized carbons (Fsp3) is 0.778. The minimum absolute atomic E-state index is 0.461. The number of halogens is 1. The average Bonchev–Trinajstić information content (AvgIpc) is 2.17. The molecule has 0 saturated carbocycles. The largest absolute Gasteiger partial charge is 0.313 e. The highest BCUT2D eigenvalue weighted by atomic mass is 79.9. The van der Waals surface area contributed by atoms with Gasteiger partial charge >= 0.3 is 0 Å². The number of aldehydes is 2. The topological polar surface area (TPSA) is 60.2 Å². The molecule has 0 saturated heterocycles. The Kier molecular flexibility index (Phi) is 7.09. The second kappa shape index (κ2) is 7.21. The van der Waals surface area contributed by atoms with Gasteiger partial charge in [0, 0.05) is 5.33 Å². The molecule has 3 nitrogen and oxygen atoms in total. The molecule has 0 heterocycles. The number of alkyl halides is 1. The van der Waals surface area contributed by atoms with Crippen LogP contribution >= 0.6 is 15.9 Å². The van der Waals surface area contributed by atoms with Crippen molar-refractivity contribution in [3.63, 3.8) is 0 Å². The summed E-state index contributed by atoms with van der Waals surface area (Å²) in [5, 5.41) is 1.00. The van der Waals surface area contributed by atoms with Crippen LogP contribution in [-0.2, 0) is 9.59 Å². The number of carbonyl (C=O) groups is 2. The molecule has 0 aliphatic rings. The summed E-state index contributed by atoms with van der Waals surface area (Å²) >= 11 is 3.33. The SMILES string of the molecule is NC(C=O)(C=O)CCCCCCBr. The summed E-state index contributed by atoms with van der Waals surface area (Å²) in [4.78, 5) is 20.8. The molecule has 0 atom stereocenters. The van der Waals surface area contributed by atoms with Gasteiger partial charge in [-0.25, -0.2) is 0 Å². The minimum Gasteiger partial charge on any atom is -0.313 e. The first-order chi connectivity index (χ1) is 6.18. The highest BCUT2D eigenvalue weighted by Gasteiger charge is 2.21. The lowest BCUT2D eigenvalue weighted by molar-refractivity contribution is -0.121. The smallest absolute Gasteiger partial charge is 0.147 e. The van der Waals surface area contributed by atoms with Gasteiger partial charge in [0.15, 0.2) is 0 Å². The summed E-state index contributed by atoms with van der Waals surface area (Å²) < 4.78 is 0. The van der Waals surface area contributed by atoms with E-state index in [1.807, 2.05) is 0 Å². The lowest BCUT2D eigenvalue weighted by Crippen LogP contribution is -2.43. The van der Waals surface area contributed by atoms with Crippen molar-refractivity contribution in [2.75, 3.05) is 5.33 Å². The van der Waals surface area contributed by atoms with Gasteiger partial charge in [-0.3, -0.25) is 0 Å². The van der Waals surface area contributed by atoms with E-state index in [1.165, 1.54) is 0 Å². The van der Waals surface area contributed by atoms with Gasteiger partial charge in [0.25, 0.3) is 0 Å². The van der Waals surface area contributed by atoms with Crippen molar-refractivity contribution in [2.24, 2.45) is 5.73 Å². The third-order valence-electron chi connectivity index (χ3n) is 1.93. The Morgan fingerprint density at radius 3 is 2.08 bits per heavy atom. The first-order valence-corrected chi connectivity index (χ1v) is 5.58. The van der Waals surface area contributed by atoms with Crippen molar-refractivity contribution in [3.05, 3.63) is 0 Å². The molecule has 0 bridgehead atoms. The normalized spacial score (nSPS) is 11.2. The van der Waals surface area contributed by atoms with Gasteiger partial charge in [0.05, 0.1) is 0 Å². The van der Waals surface area contributed by atoms with Crippen LogP contribution in [0.3, 0.4) is 0 Å². The van der Waals surface area contributed by atoms with E-state index in [4.69, 9.17) is 5.73 Å². The van der Waals surface area contributed by atoms with Gasteiger partial charge < -0.3 is 15.3 Å². The second-order valence-electron chi connectivity index (χ2n) is 3.20. The maximum atomic E-state index is 10.4. The summed E-state index contributed by atoms with van der Waals surface area (Å²) in [5.41, 5.74) is 4.22. The second-order valence-corrected chi connectivity index (χ2v) is 3.99. The predicted molar refractivity (Wildman–Crippen MR) is 55.9 cm³/mol. The maximum Gasteiger partial charge on any atom is 0.147 e. The summed E-state index contributed by atoms with van der Waals surface area (Å²) in [5.74, 6) is 0. The Morgan fingerprint density at radius 1 is 1.08 bits per heavy atom. The third kappa shape index (κ3) is 5.93. The van der Waals surface area contributed by atoms with Crippen LogP contribution in [0.2, 0.25) is 0 Å². The lowest BCUT2D eigenvalue weighted by Gasteiger charge is -2.14. The zero-order chi connectivity index (χ0) is 10.2. The van der Waals surface area contributed by atoms with Crippen molar-refractivity contribution >= 4 is 28.5 Å². The number of rotatable bonds is 8. The quantitative estimate of drug-likeness (QED) is 0.307. The molecule has 0 aromatic heterocycles. The molecule has 0 aliphatic carbocycles. The summed E-state index contributed by atoms with van der Waals surface area (Å²) in [6, 6.07) is 0. The first-order valence-electron chi connectivity index (χ1n) is 4.46. The molecule has 0 aromatic carbocycles. The van der Waals surface area contributed by atoms with Crippen molar-refractivity contribution in [3.8, 4) is 0 Å². The predicted octanol–water partition coefficient (Wildman–Crippen LogP) is 1.43. The molecule has 76 valence electrons. The molecular formula is C9H16BrNO2. The van der Waals surface area contributed by atoms with E-state index in [-0.39, 0.29) is 0 Å². The molecule has 2 N–H and O–H groups in total. The van der Waals surface area contributed by atoms with Gasteiger partial charge in [0.2, 0.25) is 0 Å². The van der Waals surface area contributed by atoms with Gasteiger partial charge in [-0.1, -0.05) is 35.2 Å². The van der Waals surface area contributed by atoms with E-state index in [2.05, 4.69) is 15.9 Å². The number of hydrogen-bond donors (Lipinski definition) is 1. The van der Waals surface area contributed by atoms with E-state index in [1.54, 1.807) is 0 Å². The van der Waals surface area contributed by atoms with Crippen LogP contribution in [0.1, 0.15) is 32.1 Å². The maximum absolute atomic E-state index is 10.4. The highest BCUT2D eigenvalue weighted by Crippen LogP contribution is 2.10. The Bertz CT molecular complexity index is 154. The zero-order valence-corrected chi connectivity index (χ0v) is 9.26. The molecule has 0 spiro atoms. The van der Waals surface area contributed by atoms with Crippen LogP contribution in [0.5, 0.6) is 0 Å². The molecule has 0 aromatic rings. The van der Waals surface area contributed by atoms with Crippen LogP contribution in [0.25, 0.3) is 0 Å². The van der Waals surface area contributed by atoms with E-state index in [0.29, 0.717) is 19.0 Å². The van der Waals surface area contributed by atoms with Crippen LogP contribution in [0, 0.1) is 0 Å². The van der Waals surface area contributed by atoms with Gasteiger partial charge in [-0.15, -0.1) is 0 Å². The zero-order valence-electron chi connectivity index (χ0n) is 7.67. The monoisotopic (exact) mass is 249 g/mol. The fourth-order valence-corrected chi connectivity index (χ4v) is 1.42. The van der Waals surface area contributed by atoms with E-state index < -0.39 is 5.54 Å². The summed E-state index contributed by atoms with van der Waals surface area (Å²) in [6.45, 7) is 0. The molecular weight excluding hydrogens is 234 g/mol. The molecule has 0 aliphatic heterocycles. The number of unbranched alkanes of at least 4 members (excludes halogenated alkanes) is 3. The number of nitrogens with two attached hydrogens (primary N) is 1. The van der Waals surface area contributed by atoms with E-state index in [0.717, 1.165) is 31.0 Å². The number of hydrogen-bond acceptors (Lipinski definition) is 3. The highest BCUT2D eigenvalue weighted by molar-refractivity contribution is 9.09. The third-order valence-corrected chi connectivity index (χ3v) is 2.49. The van der Waals surface area contributed by atoms with Gasteiger partial charge in [-0.05, 0) is 12.8 Å². The molecule has 0 amide bonds. The molecule has 4 heteroatoms. The summed E-state index contributed by atoms with van der Waals surface area (Å²) in [7, 11) is 0. The van der Waals surface area contributed by atoms with Crippen molar-refractivity contribution in [1.29, 1.82) is 0 Å². The summed E-state index contributed by atoms with van der Waals surface area (Å²) in [6.07, 6.45) is 5.61. The van der Waals surface area contributed by atoms with Crippen LogP contribution < -0.4 is 5.73 Å². The fourth-order valence-electron chi connectivity index (χ4n) is 1.02. The van der Waals surface area contributed by atoms with Crippen LogP contribution in [-0.4, -0.2) is 23.4 Å². The molecule has 0 unspecified atom stereocenters. The van der Waals surface area contributed by atoms with Crippen molar-refractivity contribution < 1.29 is 9.59 Å². The van der Waals surface area contributed by atoms with Crippen LogP contribution in [0.15, 0.2) is 0 Å². The van der Waals surface area contributed by atoms with E-state index >= 15 is 0 Å².